The summed E-state index contributed by atoms with van der Waals surface area (Å²) in [5.74, 6) is 0. The van der Waals surface area contributed by atoms with Gasteiger partial charge >= 0.3 is 171 Å². The van der Waals surface area contributed by atoms with Crippen molar-refractivity contribution < 1.29 is 242 Å². The van der Waals surface area contributed by atoms with Gasteiger partial charge in [-0.1, -0.05) is 15.4 Å². The second kappa shape index (κ2) is 25.6. The van der Waals surface area contributed by atoms with Gasteiger partial charge in [-0.3, -0.25) is 0 Å². The summed E-state index contributed by atoms with van der Waals surface area (Å²) >= 11 is 0. The predicted molar refractivity (Wildman–Crippen MR) is 127 cm³/mol. The Balaban J connectivity index is -0.0000000970. The Kier molecular flexibility index (Phi) is 34.2. The molecule has 42 heteroatoms. The molecule has 0 atom stereocenters. The van der Waals surface area contributed by atoms with E-state index in [-0.39, 0.29) is 116 Å². The largest absolute Gasteiger partial charge is 1.00 e. The molecule has 2 N–H and O–H groups in total. The zero-order chi connectivity index (χ0) is 43.0. The Labute approximate surface area is 379 Å². The monoisotopic (exact) mass is 1020 g/mol. The molecule has 0 heterocycles. The van der Waals surface area contributed by atoms with E-state index in [1.165, 1.54) is 6.92 Å². The number of nitrogens with zero attached hydrogens (tertiary/aromatic N) is 2. The van der Waals surface area contributed by atoms with Crippen molar-refractivity contribution in [2.75, 3.05) is 0 Å². The van der Waals surface area contributed by atoms with Gasteiger partial charge in [0.25, 0.3) is 20.0 Å². The molecule has 0 saturated carbocycles. The van der Waals surface area contributed by atoms with Crippen LogP contribution in [0.4, 0.5) is 91.7 Å². The molecule has 0 aromatic rings. The fourth-order valence-electron chi connectivity index (χ4n) is 1.05. The maximum Gasteiger partial charge on any atom is 1.00 e. The third-order valence-corrected chi connectivity index (χ3v) is 11.1. The van der Waals surface area contributed by atoms with E-state index < -0.39 is 113 Å². The minimum absolute atomic E-state index is 0. The zero-order valence-electron chi connectivity index (χ0n) is 24.8. The van der Waals surface area contributed by atoms with Crippen LogP contribution in [0, 0.1) is 11.3 Å². The van der Waals surface area contributed by atoms with Crippen LogP contribution in [0.25, 0.3) is 4.13 Å². The van der Waals surface area contributed by atoms with Crippen LogP contribution in [0.3, 0.4) is 0 Å². The molecule has 14 nitrogen and oxygen atoms in total. The summed E-state index contributed by atoms with van der Waals surface area (Å²) in [5.41, 5.74) is 0. The zero-order valence-corrected chi connectivity index (χ0v) is 35.1. The Bertz CT molecular complexity index is 1550. The van der Waals surface area contributed by atoms with Crippen molar-refractivity contribution in [2.45, 2.75) is 72.8 Å². The van der Waals surface area contributed by atoms with E-state index in [2.05, 4.69) is 0 Å². The van der Waals surface area contributed by atoms with Crippen LogP contribution in [-0.2, 0) is 50.3 Å². The molecule has 0 aromatic heterocycles. The molecule has 0 amide bonds. The van der Waals surface area contributed by atoms with Crippen LogP contribution in [0.5, 0.6) is 0 Å². The van der Waals surface area contributed by atoms with Gasteiger partial charge in [0, 0.05) is 6.92 Å². The number of nitriles is 1. The van der Waals surface area contributed by atoms with Crippen molar-refractivity contribution in [1.29, 1.82) is 5.26 Å². The van der Waals surface area contributed by atoms with Crippen molar-refractivity contribution in [1.82, 2.24) is 4.13 Å². The first-order chi connectivity index (χ1) is 21.8. The average Bonchev–Trinajstić information content (AvgIpc) is 2.87. The molecule has 326 valence electrons. The number of hydrogen-bond donors (Lipinski definition) is 1. The minimum atomic E-state index is -6.99. The maximum absolute atomic E-state index is 12.3. The van der Waals surface area contributed by atoms with Crippen LogP contribution in [0.1, 0.15) is 14.4 Å². The number of alkyl halides is 20. The number of nitrogens with one attached hydrogen (secondary N) is 1. The van der Waals surface area contributed by atoms with E-state index in [9.17, 15) is 134 Å². The first-order valence-corrected chi connectivity index (χ1v) is 17.1. The molecule has 0 aliphatic heterocycles. The first kappa shape index (κ1) is 73.5. The van der Waals surface area contributed by atoms with Gasteiger partial charge in [0.05, 0.1) is 6.07 Å². The fourth-order valence-corrected chi connectivity index (χ4v) is 6.06. The number of hydrogen-bond acceptors (Lipinski definition) is 12. The van der Waals surface area contributed by atoms with Gasteiger partial charge < -0.3 is 9.60 Å². The van der Waals surface area contributed by atoms with E-state index in [4.69, 9.17) is 5.26 Å². The Morgan fingerprint density at radius 1 is 0.491 bits per heavy atom. The van der Waals surface area contributed by atoms with Crippen LogP contribution >= 0.6 is 0 Å². The van der Waals surface area contributed by atoms with Crippen molar-refractivity contribution in [3.8, 4) is 6.07 Å². The summed E-state index contributed by atoms with van der Waals surface area (Å²) < 4.78 is 350. The molecule has 0 bridgehead atoms. The molecule has 0 fully saturated rings. The molecular weight excluding hydrogens is 1010 g/mol. The summed E-state index contributed by atoms with van der Waals surface area (Å²) in [4.78, 5) is 0. The molecule has 55 heavy (non-hydrogen) atoms. The summed E-state index contributed by atoms with van der Waals surface area (Å²) in [6, 6.07) is 1.75. The summed E-state index contributed by atoms with van der Waals surface area (Å²) in [6.45, 7) is 1.43. The van der Waals surface area contributed by atoms with Gasteiger partial charge in [-0.05, 0) is 0 Å². The third-order valence-electron chi connectivity index (χ3n) is 3.42. The maximum atomic E-state index is 12.3. The van der Waals surface area contributed by atoms with E-state index >= 15 is 0 Å². The van der Waals surface area contributed by atoms with Crippen molar-refractivity contribution >= 4 is 50.3 Å². The first-order valence-electron chi connectivity index (χ1n) is 9.85. The Hall–Kier alpha value is 0.923. The molecule has 0 aliphatic rings. The second-order valence-electron chi connectivity index (χ2n) is 7.09. The molecule has 0 spiro atoms. The quantitative estimate of drug-likeness (QED) is 0.123. The van der Waals surface area contributed by atoms with E-state index in [0.29, 0.717) is 0 Å². The molecule has 0 rings (SSSR count). The van der Waals surface area contributed by atoms with Crippen molar-refractivity contribution in [3.05, 3.63) is 4.13 Å². The van der Waals surface area contributed by atoms with Crippen molar-refractivity contribution in [2.24, 2.45) is 0 Å². The normalized spacial score (nSPS) is 13.3. The predicted octanol–water partition coefficient (Wildman–Crippen LogP) is -1.17. The van der Waals surface area contributed by atoms with Crippen LogP contribution < -0.4 is 107 Å². The fraction of sp³-hybridized carbons (Fsp3) is 0.923. The van der Waals surface area contributed by atoms with Gasteiger partial charge in [-0.15, -0.1) is 0 Å². The average molecular weight is 1030 g/mol. The van der Waals surface area contributed by atoms with Crippen LogP contribution in [-0.4, -0.2) is 106 Å². The molecule has 0 radical (unpaired) electrons. The molecule has 0 aliphatic carbocycles. The minimum Gasteiger partial charge on any atom is -0.870 e. The SMILES string of the molecule is C.CC#N.O=S(=O)(F)C(F)(F)C(F)F.O=S(=O)(NS(=O)(=O)C(F)(F)C(F)F)C(F)(F)C(F)F.O=S(=O)([N-]S(=O)(=O)C(F)(F)C(F)F)C(F)(F)C(F)F.[K+].[K+].[OH-]. The van der Waals surface area contributed by atoms with E-state index in [1.54, 1.807) is 6.07 Å². The second-order valence-corrected chi connectivity index (χ2v) is 15.9. The Morgan fingerprint density at radius 2 is 0.655 bits per heavy atom. The smallest absolute Gasteiger partial charge is 0.870 e. The topological polar surface area (TPSA) is 251 Å². The molecular formula is C13H14F21K2N3O11S5. The van der Waals surface area contributed by atoms with Crippen LogP contribution in [0.2, 0.25) is 0 Å². The van der Waals surface area contributed by atoms with Gasteiger partial charge in [0.1, 0.15) is 0 Å². The number of sulfonamides is 4. The van der Waals surface area contributed by atoms with Crippen molar-refractivity contribution in [3.63, 3.8) is 0 Å². The van der Waals surface area contributed by atoms with Crippen LogP contribution in [0.15, 0.2) is 0 Å². The molecule has 0 unspecified atom stereocenters. The third kappa shape index (κ3) is 19.9. The van der Waals surface area contributed by atoms with Gasteiger partial charge in [0.15, 0.2) is 20.0 Å². The van der Waals surface area contributed by atoms with E-state index in [0.717, 1.165) is 4.13 Å². The number of rotatable bonds is 14. The molecule has 0 aromatic carbocycles. The Morgan fingerprint density at radius 3 is 0.764 bits per heavy atom. The standard InChI is InChI=1S/C4H3F8NO4S2.C4H2F8NO4S2.C2HF5O2S.C2H3N.CH4.2K.H2O/c2*5-1(6)3(9,10)18(14,15)13-19(16,17)4(11,12)2(7)8;3-1(4)2(5,6)10(7,8)9;1-2-3;;;;/h1-2,13H;1-2H;1H;1H3;1H4;;;1H2/q;-1;;;;2*+1;/p-1. The summed E-state index contributed by atoms with van der Waals surface area (Å²) in [5, 5.41) is -22.7. The van der Waals surface area contributed by atoms with Gasteiger partial charge in [-0.25, -0.2) is 77.6 Å². The summed E-state index contributed by atoms with van der Waals surface area (Å²) in [6.07, 6.45) is -24.5. The van der Waals surface area contributed by atoms with Gasteiger partial charge in [-0.2, -0.15) is 57.6 Å². The molecule has 0 saturated heterocycles. The van der Waals surface area contributed by atoms with Gasteiger partial charge in [0.2, 0.25) is 0 Å². The van der Waals surface area contributed by atoms with E-state index in [1.807, 2.05) is 0 Å². The summed E-state index contributed by atoms with van der Waals surface area (Å²) in [7, 11) is -34.2. The number of halogens is 21.